The predicted molar refractivity (Wildman–Crippen MR) is 74.1 cm³/mol. The second-order valence-corrected chi connectivity index (χ2v) is 5.39. The quantitative estimate of drug-likeness (QED) is 0.798. The first kappa shape index (κ1) is 15.9. The predicted octanol–water partition coefficient (Wildman–Crippen LogP) is 3.54. The summed E-state index contributed by atoms with van der Waals surface area (Å²) in [7, 11) is 3.89. The molecular formula is C15H25NO. The summed E-state index contributed by atoms with van der Waals surface area (Å²) in [5.74, 6) is 0.253. The molecule has 0 aliphatic rings. The molecule has 0 amide bonds. The van der Waals surface area contributed by atoms with Crippen LogP contribution in [0.5, 0.6) is 0 Å². The molecule has 1 aromatic carbocycles. The maximum absolute atomic E-state index is 12.4. The monoisotopic (exact) mass is 235 g/mol. The van der Waals surface area contributed by atoms with Gasteiger partial charge in [0.25, 0.3) is 0 Å². The Balaban J connectivity index is 0.00000256. The van der Waals surface area contributed by atoms with Gasteiger partial charge in [0.1, 0.15) is 0 Å². The van der Waals surface area contributed by atoms with Crippen LogP contribution in [-0.4, -0.2) is 24.8 Å². The van der Waals surface area contributed by atoms with Gasteiger partial charge < -0.3 is 0 Å². The first-order valence-corrected chi connectivity index (χ1v) is 5.59. The SMILES string of the molecule is C.CN(C)[C@@H](C(=O)C(C)(C)C)c1ccccc1. The van der Waals surface area contributed by atoms with Crippen molar-refractivity contribution in [1.82, 2.24) is 4.90 Å². The maximum Gasteiger partial charge on any atom is 0.159 e. The number of ketones is 1. The molecule has 0 N–H and O–H groups in total. The number of carbonyl (C=O) groups excluding carboxylic acids is 1. The molecule has 1 atom stereocenters. The van der Waals surface area contributed by atoms with Gasteiger partial charge in [0.05, 0.1) is 6.04 Å². The Hall–Kier alpha value is -1.15. The van der Waals surface area contributed by atoms with Crippen LogP contribution in [0, 0.1) is 5.41 Å². The Morgan fingerprint density at radius 3 is 1.94 bits per heavy atom. The van der Waals surface area contributed by atoms with E-state index in [1.165, 1.54) is 0 Å². The van der Waals surface area contributed by atoms with E-state index in [9.17, 15) is 4.79 Å². The lowest BCUT2D eigenvalue weighted by Gasteiger charge is -2.29. The minimum atomic E-state index is -0.315. The van der Waals surface area contributed by atoms with Crippen LogP contribution in [0.1, 0.15) is 39.8 Å². The number of hydrogen-bond acceptors (Lipinski definition) is 2. The minimum Gasteiger partial charge on any atom is -0.297 e. The van der Waals surface area contributed by atoms with E-state index >= 15 is 0 Å². The van der Waals surface area contributed by atoms with Crippen LogP contribution in [0.25, 0.3) is 0 Å². The van der Waals surface area contributed by atoms with E-state index in [0.29, 0.717) is 0 Å². The highest BCUT2D eigenvalue weighted by molar-refractivity contribution is 5.89. The molecule has 2 nitrogen and oxygen atoms in total. The van der Waals surface area contributed by atoms with Crippen molar-refractivity contribution in [3.63, 3.8) is 0 Å². The Labute approximate surface area is 106 Å². The van der Waals surface area contributed by atoms with Crippen molar-refractivity contribution in [1.29, 1.82) is 0 Å². The van der Waals surface area contributed by atoms with E-state index in [1.54, 1.807) is 0 Å². The molecule has 1 rings (SSSR count). The third-order valence-corrected chi connectivity index (χ3v) is 2.62. The van der Waals surface area contributed by atoms with Crippen LogP contribution < -0.4 is 0 Å². The highest BCUT2D eigenvalue weighted by atomic mass is 16.1. The summed E-state index contributed by atoms with van der Waals surface area (Å²) in [4.78, 5) is 14.3. The van der Waals surface area contributed by atoms with Crippen molar-refractivity contribution in [2.75, 3.05) is 14.1 Å². The lowest BCUT2D eigenvalue weighted by Crippen LogP contribution is -2.35. The van der Waals surface area contributed by atoms with Crippen LogP contribution in [0.3, 0.4) is 0 Å². The highest BCUT2D eigenvalue weighted by Gasteiger charge is 2.31. The van der Waals surface area contributed by atoms with E-state index in [4.69, 9.17) is 0 Å². The molecule has 0 aliphatic heterocycles. The summed E-state index contributed by atoms with van der Waals surface area (Å²) in [5, 5.41) is 0. The van der Waals surface area contributed by atoms with Crippen molar-refractivity contribution < 1.29 is 4.79 Å². The summed E-state index contributed by atoms with van der Waals surface area (Å²) >= 11 is 0. The first-order valence-electron chi connectivity index (χ1n) is 5.59. The van der Waals surface area contributed by atoms with Gasteiger partial charge in [-0.1, -0.05) is 58.5 Å². The fraction of sp³-hybridized carbons (Fsp3) is 0.533. The molecule has 1 aromatic rings. The zero-order valence-electron chi connectivity index (χ0n) is 10.8. The Bertz CT molecular complexity index is 349. The molecule has 0 unspecified atom stereocenters. The van der Waals surface area contributed by atoms with E-state index in [-0.39, 0.29) is 24.7 Å². The standard InChI is InChI=1S/C14H21NO.CH4/c1-14(2,3)13(16)12(15(4)5)11-9-7-6-8-10-11;/h6-10,12H,1-5H3;1H4/t12-;/m1./s1. The second-order valence-electron chi connectivity index (χ2n) is 5.39. The average molecular weight is 235 g/mol. The average Bonchev–Trinajstić information content (AvgIpc) is 2.17. The smallest absolute Gasteiger partial charge is 0.159 e. The van der Waals surface area contributed by atoms with E-state index in [0.717, 1.165) is 5.56 Å². The van der Waals surface area contributed by atoms with Crippen molar-refractivity contribution in [3.8, 4) is 0 Å². The topological polar surface area (TPSA) is 20.3 Å². The van der Waals surface area contributed by atoms with Crippen LogP contribution in [-0.2, 0) is 4.79 Å². The Morgan fingerprint density at radius 2 is 1.59 bits per heavy atom. The number of rotatable bonds is 3. The molecule has 0 aliphatic carbocycles. The molecule has 0 fully saturated rings. The molecule has 0 radical (unpaired) electrons. The maximum atomic E-state index is 12.4. The van der Waals surface area contributed by atoms with Crippen LogP contribution in [0.15, 0.2) is 30.3 Å². The van der Waals surface area contributed by atoms with Gasteiger partial charge in [-0.2, -0.15) is 0 Å². The van der Waals surface area contributed by atoms with E-state index in [2.05, 4.69) is 0 Å². The van der Waals surface area contributed by atoms with Crippen LogP contribution in [0.2, 0.25) is 0 Å². The van der Waals surface area contributed by atoms with Crippen molar-refractivity contribution in [3.05, 3.63) is 35.9 Å². The molecule has 96 valence electrons. The molecule has 0 bridgehead atoms. The van der Waals surface area contributed by atoms with E-state index < -0.39 is 0 Å². The number of hydrogen-bond donors (Lipinski definition) is 0. The number of carbonyl (C=O) groups is 1. The minimum absolute atomic E-state index is 0. The number of nitrogens with zero attached hydrogens (tertiary/aromatic N) is 1. The third-order valence-electron chi connectivity index (χ3n) is 2.62. The van der Waals surface area contributed by atoms with Gasteiger partial charge in [-0.3, -0.25) is 9.69 Å². The van der Waals surface area contributed by atoms with Gasteiger partial charge in [-0.25, -0.2) is 0 Å². The van der Waals surface area contributed by atoms with Crippen molar-refractivity contribution >= 4 is 5.78 Å². The van der Waals surface area contributed by atoms with Crippen LogP contribution >= 0.6 is 0 Å². The normalized spacial score (nSPS) is 13.1. The van der Waals surface area contributed by atoms with Gasteiger partial charge >= 0.3 is 0 Å². The summed E-state index contributed by atoms with van der Waals surface area (Å²) < 4.78 is 0. The first-order chi connectivity index (χ1) is 7.34. The largest absolute Gasteiger partial charge is 0.297 e. The number of Topliss-reactive ketones (excluding diaryl/α,β-unsaturated/α-hetero) is 1. The third kappa shape index (κ3) is 3.97. The Morgan fingerprint density at radius 1 is 1.12 bits per heavy atom. The molecule has 17 heavy (non-hydrogen) atoms. The Kier molecular flexibility index (Phi) is 5.56. The fourth-order valence-corrected chi connectivity index (χ4v) is 1.73. The molecule has 0 saturated heterocycles. The van der Waals surface area contributed by atoms with E-state index in [1.807, 2.05) is 70.1 Å². The van der Waals surface area contributed by atoms with Gasteiger partial charge in [0.15, 0.2) is 5.78 Å². The summed E-state index contributed by atoms with van der Waals surface area (Å²) in [6, 6.07) is 9.78. The lowest BCUT2D eigenvalue weighted by atomic mass is 9.83. The van der Waals surface area contributed by atoms with Crippen molar-refractivity contribution in [2.45, 2.75) is 34.2 Å². The summed E-state index contributed by atoms with van der Waals surface area (Å²) in [5.41, 5.74) is 0.748. The molecule has 0 saturated carbocycles. The van der Waals surface area contributed by atoms with Gasteiger partial charge in [-0.15, -0.1) is 0 Å². The molecule has 2 heteroatoms. The molecule has 0 aromatic heterocycles. The summed E-state index contributed by atoms with van der Waals surface area (Å²) in [6.45, 7) is 5.90. The zero-order valence-corrected chi connectivity index (χ0v) is 10.8. The van der Waals surface area contributed by atoms with Gasteiger partial charge in [-0.05, 0) is 19.7 Å². The zero-order chi connectivity index (χ0) is 12.3. The van der Waals surface area contributed by atoms with Gasteiger partial charge in [0.2, 0.25) is 0 Å². The lowest BCUT2D eigenvalue weighted by molar-refractivity contribution is -0.131. The number of benzene rings is 1. The second kappa shape index (κ2) is 5.97. The molecule has 0 spiro atoms. The molecular weight excluding hydrogens is 210 g/mol. The summed E-state index contributed by atoms with van der Waals surface area (Å²) in [6.07, 6.45) is 0. The van der Waals surface area contributed by atoms with Gasteiger partial charge in [0, 0.05) is 5.41 Å². The van der Waals surface area contributed by atoms with Crippen molar-refractivity contribution in [2.24, 2.45) is 5.41 Å². The fourth-order valence-electron chi connectivity index (χ4n) is 1.73. The highest BCUT2D eigenvalue weighted by Crippen LogP contribution is 2.28. The van der Waals surface area contributed by atoms with Crippen LogP contribution in [0.4, 0.5) is 0 Å². The molecule has 0 heterocycles. The number of likely N-dealkylation sites (N-methyl/N-ethyl adjacent to an activating group) is 1.